The van der Waals surface area contributed by atoms with E-state index in [1.165, 1.54) is 11.3 Å². The number of carbonyl (C=O) groups excluding carboxylic acids is 1. The van der Waals surface area contributed by atoms with Crippen molar-refractivity contribution in [3.05, 3.63) is 95.2 Å². The maximum atomic E-state index is 12.8. The molecule has 0 fully saturated rings. The number of aryl methyl sites for hydroxylation is 1. The zero-order valence-electron chi connectivity index (χ0n) is 21.6. The first-order valence-corrected chi connectivity index (χ1v) is 13.1. The third-order valence-electron chi connectivity index (χ3n) is 6.38. The molecular weight excluding hydrogens is 514 g/mol. The number of carbonyl (C=O) groups is 1. The molecule has 3 heterocycles. The maximum absolute atomic E-state index is 12.8. The molecule has 0 amide bonds. The van der Waals surface area contributed by atoms with Crippen LogP contribution in [0.2, 0.25) is 0 Å². The predicted molar refractivity (Wildman–Crippen MR) is 149 cm³/mol. The van der Waals surface area contributed by atoms with Gasteiger partial charge in [-0.2, -0.15) is 0 Å². The van der Waals surface area contributed by atoms with Crippen LogP contribution >= 0.6 is 11.3 Å². The smallest absolute Gasteiger partial charge is 0.294 e. The van der Waals surface area contributed by atoms with E-state index >= 15 is 0 Å². The number of benzene rings is 3. The summed E-state index contributed by atoms with van der Waals surface area (Å²) in [6, 6.07) is 21.1. The molecule has 3 aromatic heterocycles. The molecule has 0 spiro atoms. The second-order valence-corrected chi connectivity index (χ2v) is 10.1. The Bertz CT molecular complexity index is 1770. The molecular formula is C30H25N3O5S. The predicted octanol–water partition coefficient (Wildman–Crippen LogP) is 6.53. The first-order valence-electron chi connectivity index (χ1n) is 12.3. The summed E-state index contributed by atoms with van der Waals surface area (Å²) in [5.74, 6) is 1.92. The Morgan fingerprint density at radius 3 is 2.59 bits per heavy atom. The summed E-state index contributed by atoms with van der Waals surface area (Å²) in [4.78, 5) is 18.1. The van der Waals surface area contributed by atoms with E-state index in [0.717, 1.165) is 22.1 Å². The number of nitrogens with zero attached hydrogens (tertiary/aromatic N) is 3. The van der Waals surface area contributed by atoms with Crippen LogP contribution in [0.5, 0.6) is 16.7 Å². The van der Waals surface area contributed by atoms with Crippen LogP contribution in [0.1, 0.15) is 27.0 Å². The highest BCUT2D eigenvalue weighted by atomic mass is 32.1. The molecule has 0 saturated heterocycles. The average molecular weight is 540 g/mol. The molecule has 0 aliphatic heterocycles. The molecule has 0 bridgehead atoms. The molecule has 6 aromatic rings. The van der Waals surface area contributed by atoms with Crippen molar-refractivity contribution in [2.45, 2.75) is 20.0 Å². The van der Waals surface area contributed by atoms with Gasteiger partial charge < -0.3 is 18.6 Å². The Hall–Kier alpha value is -4.63. The molecule has 9 heteroatoms. The third-order valence-corrected chi connectivity index (χ3v) is 7.27. The van der Waals surface area contributed by atoms with Crippen LogP contribution in [-0.2, 0) is 13.0 Å². The highest BCUT2D eigenvalue weighted by Crippen LogP contribution is 2.37. The summed E-state index contributed by atoms with van der Waals surface area (Å²) < 4.78 is 24.7. The van der Waals surface area contributed by atoms with E-state index in [9.17, 15) is 4.79 Å². The normalized spacial score (nSPS) is 11.3. The second kappa shape index (κ2) is 10.3. The van der Waals surface area contributed by atoms with Gasteiger partial charge in [0, 0.05) is 24.1 Å². The fraction of sp³-hybridized carbons (Fsp3) is 0.167. The zero-order valence-corrected chi connectivity index (χ0v) is 22.5. The molecule has 0 aliphatic rings. The number of rotatable bonds is 9. The van der Waals surface area contributed by atoms with Gasteiger partial charge in [0.25, 0.3) is 5.19 Å². The van der Waals surface area contributed by atoms with Gasteiger partial charge in [-0.25, -0.2) is 9.50 Å². The van der Waals surface area contributed by atoms with Gasteiger partial charge in [-0.05, 0) is 35.5 Å². The monoisotopic (exact) mass is 539 g/mol. The summed E-state index contributed by atoms with van der Waals surface area (Å²) in [5, 5.41) is 5.67. The summed E-state index contributed by atoms with van der Waals surface area (Å²) in [5.41, 5.74) is 5.02. The SMILES string of the molecule is COc1cc(OCc2cccc(CC(=O)c3ccc(C)cc3)c2)c2cc(-c3cn4nc(OC)sc4n3)oc2c1. The minimum absolute atomic E-state index is 0.0845. The van der Waals surface area contributed by atoms with Crippen molar-refractivity contribution < 1.29 is 23.4 Å². The molecule has 8 nitrogen and oxygen atoms in total. The number of hydrogen-bond acceptors (Lipinski definition) is 8. The van der Waals surface area contributed by atoms with Gasteiger partial charge in [0.2, 0.25) is 4.96 Å². The lowest BCUT2D eigenvalue weighted by Crippen LogP contribution is -2.04. The third kappa shape index (κ3) is 5.08. The average Bonchev–Trinajstić information content (AvgIpc) is 3.65. The van der Waals surface area contributed by atoms with Crippen LogP contribution in [0, 0.1) is 6.92 Å². The highest BCUT2D eigenvalue weighted by molar-refractivity contribution is 7.18. The topological polar surface area (TPSA) is 88.1 Å². The van der Waals surface area contributed by atoms with E-state index in [0.29, 0.717) is 57.3 Å². The van der Waals surface area contributed by atoms with Crippen LogP contribution in [-0.4, -0.2) is 34.6 Å². The molecule has 39 heavy (non-hydrogen) atoms. The minimum Gasteiger partial charge on any atom is -0.496 e. The second-order valence-electron chi connectivity index (χ2n) is 9.15. The quantitative estimate of drug-likeness (QED) is 0.193. The Morgan fingerprint density at radius 1 is 1.00 bits per heavy atom. The van der Waals surface area contributed by atoms with Gasteiger partial charge in [-0.15, -0.1) is 5.10 Å². The fourth-order valence-corrected chi connectivity index (χ4v) is 5.05. The molecule has 6 rings (SSSR count). The first-order chi connectivity index (χ1) is 19.0. The molecule has 0 radical (unpaired) electrons. The van der Waals surface area contributed by atoms with Gasteiger partial charge in [-0.1, -0.05) is 54.1 Å². The summed E-state index contributed by atoms with van der Waals surface area (Å²) in [6.45, 7) is 2.33. The van der Waals surface area contributed by atoms with Gasteiger partial charge in [0.05, 0.1) is 25.8 Å². The van der Waals surface area contributed by atoms with Crippen molar-refractivity contribution in [3.8, 4) is 28.1 Å². The van der Waals surface area contributed by atoms with E-state index in [-0.39, 0.29) is 5.78 Å². The van der Waals surface area contributed by atoms with Crippen LogP contribution in [0.3, 0.4) is 0 Å². The van der Waals surface area contributed by atoms with E-state index in [4.69, 9.17) is 18.6 Å². The molecule has 196 valence electrons. The van der Waals surface area contributed by atoms with Crippen molar-refractivity contribution in [2.75, 3.05) is 14.2 Å². The Labute approximate surface area is 228 Å². The van der Waals surface area contributed by atoms with Crippen LogP contribution < -0.4 is 14.2 Å². The first kappa shape index (κ1) is 24.7. The fourth-order valence-electron chi connectivity index (χ4n) is 4.35. The highest BCUT2D eigenvalue weighted by Gasteiger charge is 2.17. The Balaban J connectivity index is 1.23. The molecule has 0 saturated carbocycles. The van der Waals surface area contributed by atoms with Crippen LogP contribution in [0.4, 0.5) is 0 Å². The molecule has 3 aromatic carbocycles. The minimum atomic E-state index is 0.0845. The van der Waals surface area contributed by atoms with Crippen LogP contribution in [0.25, 0.3) is 27.4 Å². The van der Waals surface area contributed by atoms with Gasteiger partial charge in [0.1, 0.15) is 29.4 Å². The van der Waals surface area contributed by atoms with Crippen molar-refractivity contribution in [2.24, 2.45) is 0 Å². The number of fused-ring (bicyclic) bond motifs is 2. The zero-order chi connectivity index (χ0) is 26.9. The number of hydrogen-bond donors (Lipinski definition) is 0. The van der Waals surface area contributed by atoms with E-state index < -0.39 is 0 Å². The lowest BCUT2D eigenvalue weighted by atomic mass is 10.0. The standard InChI is InChI=1S/C30H25N3O5S/c1-18-7-9-21(10-8-18)25(34)12-19-5-4-6-20(11-19)17-37-26-13-22(35-2)14-27-23(26)15-28(38-27)24-16-33-29(31-24)39-30(32-33)36-3/h4-11,13-16H,12,17H2,1-3H3. The van der Waals surface area contributed by atoms with Crippen molar-refractivity contribution in [3.63, 3.8) is 0 Å². The lowest BCUT2D eigenvalue weighted by molar-refractivity contribution is 0.0993. The van der Waals surface area contributed by atoms with Crippen molar-refractivity contribution >= 4 is 33.1 Å². The molecule has 0 unspecified atom stereocenters. The Kier molecular flexibility index (Phi) is 6.50. The molecule has 0 N–H and O–H groups in total. The summed E-state index contributed by atoms with van der Waals surface area (Å²) in [6.07, 6.45) is 2.13. The van der Waals surface area contributed by atoms with Crippen molar-refractivity contribution in [1.82, 2.24) is 14.6 Å². The van der Waals surface area contributed by atoms with Gasteiger partial charge in [-0.3, -0.25) is 4.79 Å². The Morgan fingerprint density at radius 2 is 1.82 bits per heavy atom. The number of imidazole rings is 1. The number of Topliss-reactive ketones (excluding diaryl/α,β-unsaturated/α-hetero) is 1. The molecule has 0 atom stereocenters. The van der Waals surface area contributed by atoms with E-state index in [1.54, 1.807) is 24.9 Å². The van der Waals surface area contributed by atoms with Gasteiger partial charge >= 0.3 is 0 Å². The van der Waals surface area contributed by atoms with E-state index in [2.05, 4.69) is 10.1 Å². The summed E-state index contributed by atoms with van der Waals surface area (Å²) in [7, 11) is 3.18. The summed E-state index contributed by atoms with van der Waals surface area (Å²) >= 11 is 1.35. The number of aromatic nitrogens is 3. The van der Waals surface area contributed by atoms with Crippen LogP contribution in [0.15, 0.2) is 77.3 Å². The van der Waals surface area contributed by atoms with Crippen molar-refractivity contribution in [1.29, 1.82) is 0 Å². The lowest BCUT2D eigenvalue weighted by Gasteiger charge is -2.10. The number of ether oxygens (including phenoxy) is 3. The molecule has 0 aliphatic carbocycles. The number of ketones is 1. The number of methoxy groups -OCH3 is 2. The van der Waals surface area contributed by atoms with E-state index in [1.807, 2.05) is 73.7 Å². The largest absolute Gasteiger partial charge is 0.496 e. The van der Waals surface area contributed by atoms with Gasteiger partial charge in [0.15, 0.2) is 11.5 Å². The maximum Gasteiger partial charge on any atom is 0.294 e. The number of furan rings is 1.